The summed E-state index contributed by atoms with van der Waals surface area (Å²) in [6.07, 6.45) is 1.38. The Morgan fingerprint density at radius 1 is 0.818 bits per heavy atom. The first-order valence-electron chi connectivity index (χ1n) is 11.6. The second-order valence-electron chi connectivity index (χ2n) is 8.52. The van der Waals surface area contributed by atoms with Crippen LogP contribution >= 0.6 is 0 Å². The Balaban J connectivity index is 1.50. The van der Waals surface area contributed by atoms with Gasteiger partial charge in [-0.25, -0.2) is 0 Å². The summed E-state index contributed by atoms with van der Waals surface area (Å²) in [5, 5.41) is 10.7. The highest BCUT2D eigenvalue weighted by atomic mass is 16.2. The summed E-state index contributed by atoms with van der Waals surface area (Å²) < 4.78 is 1.88. The third-order valence-electron chi connectivity index (χ3n) is 6.04. The Bertz CT molecular complexity index is 1060. The van der Waals surface area contributed by atoms with Crippen LogP contribution in [0.1, 0.15) is 66.9 Å². The molecule has 0 saturated carbocycles. The average Bonchev–Trinajstić information content (AvgIpc) is 3.09. The number of hydrogen-bond donors (Lipinski definition) is 2. The highest BCUT2D eigenvalue weighted by Gasteiger charge is 2.16. The molecule has 3 rings (SSSR count). The molecule has 174 valence electrons. The number of nitrogens with one attached hydrogen (secondary N) is 2. The van der Waals surface area contributed by atoms with Crippen molar-refractivity contribution in [1.29, 1.82) is 0 Å². The third kappa shape index (κ3) is 6.78. The molecule has 0 unspecified atom stereocenters. The van der Waals surface area contributed by atoms with E-state index in [1.165, 1.54) is 0 Å². The van der Waals surface area contributed by atoms with Crippen molar-refractivity contribution in [2.45, 2.75) is 65.6 Å². The maximum absolute atomic E-state index is 12.5. The first kappa shape index (κ1) is 24.2. The molecule has 6 nitrogen and oxygen atoms in total. The zero-order valence-electron chi connectivity index (χ0n) is 20.0. The summed E-state index contributed by atoms with van der Waals surface area (Å²) in [5.41, 5.74) is 5.18. The molecule has 0 bridgehead atoms. The Kier molecular flexibility index (Phi) is 8.41. The van der Waals surface area contributed by atoms with Crippen molar-refractivity contribution in [2.24, 2.45) is 0 Å². The minimum Gasteiger partial charge on any atom is -0.350 e. The van der Waals surface area contributed by atoms with Gasteiger partial charge in [0.05, 0.1) is 17.8 Å². The summed E-state index contributed by atoms with van der Waals surface area (Å²) >= 11 is 0. The zero-order chi connectivity index (χ0) is 23.8. The monoisotopic (exact) mass is 446 g/mol. The van der Waals surface area contributed by atoms with E-state index in [4.69, 9.17) is 0 Å². The molecule has 2 aromatic carbocycles. The molecular weight excluding hydrogens is 412 g/mol. The fourth-order valence-corrected chi connectivity index (χ4v) is 4.04. The molecule has 2 N–H and O–H groups in total. The number of amides is 2. The average molecular weight is 447 g/mol. The van der Waals surface area contributed by atoms with Crippen LogP contribution in [-0.4, -0.2) is 21.6 Å². The normalized spacial score (nSPS) is 12.7. The highest BCUT2D eigenvalue weighted by molar-refractivity contribution is 5.77. The molecule has 33 heavy (non-hydrogen) atoms. The standard InChI is InChI=1S/C27H34N4O2/c1-19(23-11-7-5-8-12-23)28-26(32)16-15-25-21(3)30-31(22(25)4)18-17-27(33)29-20(2)24-13-9-6-10-14-24/h5-14,19-20H,15-18H2,1-4H3,(H,28,32)(H,29,33)/t19-,20+/m1/s1. The maximum atomic E-state index is 12.5. The summed E-state index contributed by atoms with van der Waals surface area (Å²) in [7, 11) is 0. The number of nitrogens with zero attached hydrogens (tertiary/aromatic N) is 2. The zero-order valence-corrected chi connectivity index (χ0v) is 20.0. The van der Waals surface area contributed by atoms with Crippen molar-refractivity contribution in [2.75, 3.05) is 0 Å². The van der Waals surface area contributed by atoms with E-state index in [9.17, 15) is 9.59 Å². The molecule has 3 aromatic rings. The van der Waals surface area contributed by atoms with Gasteiger partial charge in [0.2, 0.25) is 11.8 Å². The van der Waals surface area contributed by atoms with E-state index in [1.54, 1.807) is 0 Å². The minimum absolute atomic E-state index is 0.00488. The van der Waals surface area contributed by atoms with Crippen LogP contribution in [0.2, 0.25) is 0 Å². The highest BCUT2D eigenvalue weighted by Crippen LogP contribution is 2.17. The van der Waals surface area contributed by atoms with Gasteiger partial charge in [-0.2, -0.15) is 5.10 Å². The van der Waals surface area contributed by atoms with Crippen LogP contribution in [0, 0.1) is 13.8 Å². The number of aromatic nitrogens is 2. The Labute approximate surface area is 196 Å². The number of rotatable bonds is 10. The van der Waals surface area contributed by atoms with E-state index >= 15 is 0 Å². The molecule has 0 radical (unpaired) electrons. The van der Waals surface area contributed by atoms with Gasteiger partial charge in [-0.3, -0.25) is 14.3 Å². The molecular formula is C27H34N4O2. The van der Waals surface area contributed by atoms with E-state index in [-0.39, 0.29) is 23.9 Å². The van der Waals surface area contributed by atoms with Gasteiger partial charge in [0.1, 0.15) is 0 Å². The van der Waals surface area contributed by atoms with Gasteiger partial charge >= 0.3 is 0 Å². The van der Waals surface area contributed by atoms with E-state index < -0.39 is 0 Å². The van der Waals surface area contributed by atoms with Crippen molar-refractivity contribution in [3.05, 3.63) is 88.7 Å². The molecule has 2 amide bonds. The van der Waals surface area contributed by atoms with Crippen molar-refractivity contribution < 1.29 is 9.59 Å². The molecule has 0 saturated heterocycles. The number of carbonyl (C=O) groups is 2. The fourth-order valence-electron chi connectivity index (χ4n) is 4.04. The first-order chi connectivity index (χ1) is 15.8. The molecule has 2 atom stereocenters. The third-order valence-corrected chi connectivity index (χ3v) is 6.04. The lowest BCUT2D eigenvalue weighted by Gasteiger charge is -2.15. The van der Waals surface area contributed by atoms with Crippen molar-refractivity contribution >= 4 is 11.8 Å². The fraction of sp³-hybridized carbons (Fsp3) is 0.370. The summed E-state index contributed by atoms with van der Waals surface area (Å²) in [5.74, 6) is 0.0157. The topological polar surface area (TPSA) is 76.0 Å². The predicted molar refractivity (Wildman–Crippen MR) is 131 cm³/mol. The number of aryl methyl sites for hydroxylation is 2. The lowest BCUT2D eigenvalue weighted by atomic mass is 10.1. The van der Waals surface area contributed by atoms with Gasteiger partial charge < -0.3 is 10.6 Å². The van der Waals surface area contributed by atoms with Crippen LogP contribution in [0.5, 0.6) is 0 Å². The molecule has 0 aliphatic rings. The van der Waals surface area contributed by atoms with Crippen molar-refractivity contribution in [3.8, 4) is 0 Å². The molecule has 0 spiro atoms. The van der Waals surface area contributed by atoms with E-state index in [0.29, 0.717) is 25.8 Å². The summed E-state index contributed by atoms with van der Waals surface area (Å²) in [6, 6.07) is 19.8. The summed E-state index contributed by atoms with van der Waals surface area (Å²) in [4.78, 5) is 24.9. The predicted octanol–water partition coefficient (Wildman–Crippen LogP) is 4.58. The van der Waals surface area contributed by atoms with Crippen LogP contribution in [0.25, 0.3) is 0 Å². The SMILES string of the molecule is Cc1nn(CCC(=O)N[C@@H](C)c2ccccc2)c(C)c1CCC(=O)N[C@H](C)c1ccccc1. The number of carbonyl (C=O) groups excluding carboxylic acids is 2. The molecule has 6 heteroatoms. The quantitative estimate of drug-likeness (QED) is 0.479. The second kappa shape index (κ2) is 11.5. The molecule has 0 fully saturated rings. The van der Waals surface area contributed by atoms with Crippen LogP contribution in [0.15, 0.2) is 60.7 Å². The first-order valence-corrected chi connectivity index (χ1v) is 11.6. The molecule has 0 aliphatic carbocycles. The van der Waals surface area contributed by atoms with E-state index in [1.807, 2.05) is 93.0 Å². The summed E-state index contributed by atoms with van der Waals surface area (Å²) in [6.45, 7) is 8.45. The number of hydrogen-bond acceptors (Lipinski definition) is 3. The lowest BCUT2D eigenvalue weighted by molar-refractivity contribution is -0.122. The number of benzene rings is 2. The maximum Gasteiger partial charge on any atom is 0.222 e. The van der Waals surface area contributed by atoms with Crippen molar-refractivity contribution in [1.82, 2.24) is 20.4 Å². The largest absolute Gasteiger partial charge is 0.350 e. The van der Waals surface area contributed by atoms with Crippen LogP contribution in [0.4, 0.5) is 0 Å². The van der Waals surface area contributed by atoms with Gasteiger partial charge in [0, 0.05) is 25.1 Å². The van der Waals surface area contributed by atoms with E-state index in [0.717, 1.165) is 28.1 Å². The van der Waals surface area contributed by atoms with Gasteiger partial charge in [-0.05, 0) is 50.8 Å². The van der Waals surface area contributed by atoms with Crippen LogP contribution in [0.3, 0.4) is 0 Å². The van der Waals surface area contributed by atoms with Gasteiger partial charge in [0.15, 0.2) is 0 Å². The molecule has 1 aromatic heterocycles. The Hall–Kier alpha value is -3.41. The van der Waals surface area contributed by atoms with Crippen molar-refractivity contribution in [3.63, 3.8) is 0 Å². The molecule has 0 aliphatic heterocycles. The smallest absolute Gasteiger partial charge is 0.222 e. The Morgan fingerprint density at radius 2 is 1.30 bits per heavy atom. The van der Waals surface area contributed by atoms with Crippen LogP contribution < -0.4 is 10.6 Å². The van der Waals surface area contributed by atoms with Crippen LogP contribution in [-0.2, 0) is 22.6 Å². The lowest BCUT2D eigenvalue weighted by Crippen LogP contribution is -2.27. The minimum atomic E-state index is -0.0356. The second-order valence-corrected chi connectivity index (χ2v) is 8.52. The van der Waals surface area contributed by atoms with Gasteiger partial charge in [-0.15, -0.1) is 0 Å². The van der Waals surface area contributed by atoms with Gasteiger partial charge in [0.25, 0.3) is 0 Å². The molecule has 1 heterocycles. The van der Waals surface area contributed by atoms with E-state index in [2.05, 4.69) is 15.7 Å². The Morgan fingerprint density at radius 3 is 1.82 bits per heavy atom. The van der Waals surface area contributed by atoms with Gasteiger partial charge in [-0.1, -0.05) is 60.7 Å².